The molecule has 0 unspecified atom stereocenters. The summed E-state index contributed by atoms with van der Waals surface area (Å²) in [4.78, 5) is 38.9. The summed E-state index contributed by atoms with van der Waals surface area (Å²) in [5.74, 6) is -2.17. The average Bonchev–Trinajstić information content (AvgIpc) is 2.80. The number of hydrogen-bond acceptors (Lipinski definition) is 4. The molecular formula is C27H33NO5. The Morgan fingerprint density at radius 1 is 1.06 bits per heavy atom. The number of benzene rings is 2. The molecule has 0 aromatic heterocycles. The Labute approximate surface area is 195 Å². The molecule has 0 spiro atoms. The average molecular weight is 452 g/mol. The number of hydrogen-bond donors (Lipinski definition) is 2. The summed E-state index contributed by atoms with van der Waals surface area (Å²) in [5.41, 5.74) is 1.40. The van der Waals surface area contributed by atoms with Crippen LogP contribution in [0.3, 0.4) is 0 Å². The van der Waals surface area contributed by atoms with Crippen LogP contribution in [-0.2, 0) is 16.0 Å². The molecule has 2 bridgehead atoms. The van der Waals surface area contributed by atoms with Crippen LogP contribution >= 0.6 is 0 Å². The largest absolute Gasteiger partial charge is 0.494 e. The topological polar surface area (TPSA) is 92.7 Å². The maximum atomic E-state index is 13.5. The zero-order valence-electron chi connectivity index (χ0n) is 19.3. The minimum absolute atomic E-state index is 0.142. The number of aliphatic carboxylic acids is 1. The van der Waals surface area contributed by atoms with Crippen LogP contribution < -0.4 is 10.1 Å². The highest BCUT2D eigenvalue weighted by Crippen LogP contribution is 2.27. The number of nitrogens with one attached hydrogen (secondary N) is 1. The van der Waals surface area contributed by atoms with Crippen LogP contribution in [0.1, 0.15) is 55.5 Å². The lowest BCUT2D eigenvalue weighted by atomic mass is 9.81. The maximum absolute atomic E-state index is 13.5. The van der Waals surface area contributed by atoms with E-state index in [9.17, 15) is 19.5 Å². The van der Waals surface area contributed by atoms with E-state index in [1.54, 1.807) is 24.3 Å². The quantitative estimate of drug-likeness (QED) is 0.652. The third-order valence-electron chi connectivity index (χ3n) is 6.10. The maximum Gasteiger partial charge on any atom is 0.307 e. The van der Waals surface area contributed by atoms with Crippen molar-refractivity contribution in [2.45, 2.75) is 52.0 Å². The van der Waals surface area contributed by atoms with Gasteiger partial charge in [0.05, 0.1) is 24.5 Å². The van der Waals surface area contributed by atoms with Crippen LogP contribution in [0.25, 0.3) is 0 Å². The molecule has 0 saturated carbocycles. The molecule has 2 N–H and O–H groups in total. The lowest BCUT2D eigenvalue weighted by Gasteiger charge is -2.27. The summed E-state index contributed by atoms with van der Waals surface area (Å²) >= 11 is 0. The van der Waals surface area contributed by atoms with Gasteiger partial charge in [-0.15, -0.1) is 0 Å². The van der Waals surface area contributed by atoms with E-state index < -0.39 is 23.8 Å². The van der Waals surface area contributed by atoms with Gasteiger partial charge < -0.3 is 15.2 Å². The number of carbonyl (C=O) groups is 3. The minimum atomic E-state index is -0.973. The number of carboxylic acid groups (broad SMARTS) is 1. The van der Waals surface area contributed by atoms with Gasteiger partial charge in [-0.25, -0.2) is 0 Å². The second kappa shape index (κ2) is 11.6. The van der Waals surface area contributed by atoms with Gasteiger partial charge in [-0.1, -0.05) is 56.3 Å². The SMILES string of the molecule is CC(C)C[C@H]1C(=O)N[C@H](C(=O)c2ccccc2)Cc2ccc(cc2)OCCCC[C@@H]1C(=O)O. The molecule has 0 radical (unpaired) electrons. The molecule has 3 atom stereocenters. The molecule has 6 nitrogen and oxygen atoms in total. The highest BCUT2D eigenvalue weighted by atomic mass is 16.5. The Morgan fingerprint density at radius 2 is 1.76 bits per heavy atom. The van der Waals surface area contributed by atoms with Crippen molar-refractivity contribution in [3.8, 4) is 5.75 Å². The van der Waals surface area contributed by atoms with Crippen molar-refractivity contribution in [2.75, 3.05) is 6.61 Å². The van der Waals surface area contributed by atoms with Crippen molar-refractivity contribution in [2.24, 2.45) is 17.8 Å². The highest BCUT2D eigenvalue weighted by Gasteiger charge is 2.36. The lowest BCUT2D eigenvalue weighted by Crippen LogP contribution is -2.47. The summed E-state index contributed by atoms with van der Waals surface area (Å²) in [7, 11) is 0. The van der Waals surface area contributed by atoms with Gasteiger partial charge in [0.2, 0.25) is 5.91 Å². The predicted octanol–water partition coefficient (Wildman–Crippen LogP) is 4.52. The van der Waals surface area contributed by atoms with Crippen LogP contribution in [0.5, 0.6) is 5.75 Å². The second-order valence-electron chi connectivity index (χ2n) is 9.16. The number of carboxylic acids is 1. The number of ether oxygens (including phenoxy) is 1. The number of ketones is 1. The minimum Gasteiger partial charge on any atom is -0.494 e. The lowest BCUT2D eigenvalue weighted by molar-refractivity contribution is -0.148. The van der Waals surface area contributed by atoms with Crippen molar-refractivity contribution in [1.82, 2.24) is 5.32 Å². The number of carbonyl (C=O) groups excluding carboxylic acids is 2. The zero-order valence-corrected chi connectivity index (χ0v) is 19.3. The first-order valence-electron chi connectivity index (χ1n) is 11.7. The number of rotatable bonds is 5. The Morgan fingerprint density at radius 3 is 2.39 bits per heavy atom. The van der Waals surface area contributed by atoms with E-state index in [0.29, 0.717) is 44.3 Å². The van der Waals surface area contributed by atoms with Gasteiger partial charge in [-0.2, -0.15) is 0 Å². The van der Waals surface area contributed by atoms with Crippen LogP contribution in [0, 0.1) is 17.8 Å². The van der Waals surface area contributed by atoms with E-state index in [2.05, 4.69) is 5.32 Å². The van der Waals surface area contributed by atoms with E-state index >= 15 is 0 Å². The summed E-state index contributed by atoms with van der Waals surface area (Å²) in [6, 6.07) is 15.6. The Kier molecular flexibility index (Phi) is 8.64. The normalized spacial score (nSPS) is 22.0. The third-order valence-corrected chi connectivity index (χ3v) is 6.10. The number of fused-ring (bicyclic) bond motifs is 12. The summed E-state index contributed by atoms with van der Waals surface area (Å²) < 4.78 is 5.79. The first-order chi connectivity index (χ1) is 15.8. The van der Waals surface area contributed by atoms with Crippen molar-refractivity contribution in [3.05, 3.63) is 65.7 Å². The van der Waals surface area contributed by atoms with Gasteiger partial charge in [0.15, 0.2) is 5.78 Å². The first-order valence-corrected chi connectivity index (χ1v) is 11.7. The molecule has 33 heavy (non-hydrogen) atoms. The van der Waals surface area contributed by atoms with Gasteiger partial charge in [0.1, 0.15) is 5.75 Å². The van der Waals surface area contributed by atoms with Crippen molar-refractivity contribution < 1.29 is 24.2 Å². The van der Waals surface area contributed by atoms with E-state index in [-0.39, 0.29) is 17.6 Å². The van der Waals surface area contributed by atoms with E-state index in [4.69, 9.17) is 4.74 Å². The van der Waals surface area contributed by atoms with Gasteiger partial charge >= 0.3 is 5.97 Å². The molecule has 2 heterocycles. The molecule has 2 aromatic rings. The van der Waals surface area contributed by atoms with Crippen molar-refractivity contribution >= 4 is 17.7 Å². The van der Waals surface area contributed by atoms with Gasteiger partial charge in [0, 0.05) is 12.0 Å². The Bertz CT molecular complexity index is 939. The first kappa shape index (κ1) is 24.5. The molecule has 2 aromatic carbocycles. The van der Waals surface area contributed by atoms with Crippen LogP contribution in [0.15, 0.2) is 54.6 Å². The van der Waals surface area contributed by atoms with Gasteiger partial charge in [0.25, 0.3) is 0 Å². The zero-order chi connectivity index (χ0) is 23.8. The standard InChI is InChI=1S/C27H33NO5/c1-18(2)16-23-22(27(31)32)10-6-7-15-33-21-13-11-19(12-14-21)17-24(28-26(23)30)25(29)20-8-4-3-5-9-20/h3-5,8-9,11-14,18,22-24H,6-7,10,15-17H2,1-2H3,(H,28,30)(H,31,32)/t22-,23+,24-/m0/s1. The van der Waals surface area contributed by atoms with Crippen LogP contribution in [0.2, 0.25) is 0 Å². The molecule has 176 valence electrons. The molecule has 2 aliphatic rings. The molecule has 0 saturated heterocycles. The third kappa shape index (κ3) is 6.91. The van der Waals surface area contributed by atoms with Crippen molar-refractivity contribution in [3.63, 3.8) is 0 Å². The number of amides is 1. The van der Waals surface area contributed by atoms with E-state index in [1.165, 1.54) is 0 Å². The molecule has 0 aliphatic carbocycles. The van der Waals surface area contributed by atoms with E-state index in [0.717, 1.165) is 11.3 Å². The molecular weight excluding hydrogens is 418 g/mol. The highest BCUT2D eigenvalue weighted by molar-refractivity contribution is 6.02. The van der Waals surface area contributed by atoms with Crippen molar-refractivity contribution in [1.29, 1.82) is 0 Å². The predicted molar refractivity (Wildman–Crippen MR) is 126 cm³/mol. The van der Waals surface area contributed by atoms with E-state index in [1.807, 2.05) is 44.2 Å². The summed E-state index contributed by atoms with van der Waals surface area (Å²) in [5, 5.41) is 12.9. The fraction of sp³-hybridized carbons (Fsp3) is 0.444. The Hall–Kier alpha value is -3.15. The smallest absolute Gasteiger partial charge is 0.307 e. The summed E-state index contributed by atoms with van der Waals surface area (Å²) in [6.07, 6.45) is 2.49. The molecule has 4 rings (SSSR count). The van der Waals surface area contributed by atoms with Crippen LogP contribution in [-0.4, -0.2) is 35.4 Å². The monoisotopic (exact) mass is 451 g/mol. The fourth-order valence-electron chi connectivity index (χ4n) is 4.36. The van der Waals surface area contributed by atoms with Gasteiger partial charge in [-0.05, 0) is 49.3 Å². The molecule has 1 amide bonds. The fourth-order valence-corrected chi connectivity index (χ4v) is 4.36. The molecule has 6 heteroatoms. The Balaban J connectivity index is 1.96. The van der Waals surface area contributed by atoms with Crippen LogP contribution in [0.4, 0.5) is 0 Å². The summed E-state index contributed by atoms with van der Waals surface area (Å²) in [6.45, 7) is 4.44. The molecule has 0 fully saturated rings. The number of Topliss-reactive ketones (excluding diaryl/α,β-unsaturated/α-hetero) is 1. The molecule has 2 aliphatic heterocycles. The van der Waals surface area contributed by atoms with Gasteiger partial charge in [-0.3, -0.25) is 14.4 Å². The second-order valence-corrected chi connectivity index (χ2v) is 9.16.